The molecule has 5 heterocycles. The van der Waals surface area contributed by atoms with Gasteiger partial charge in [-0.25, -0.2) is 4.98 Å². The summed E-state index contributed by atoms with van der Waals surface area (Å²) in [6, 6.07) is 9.00. The van der Waals surface area contributed by atoms with Crippen molar-refractivity contribution in [1.82, 2.24) is 14.8 Å². The van der Waals surface area contributed by atoms with Crippen LogP contribution in [0, 0.1) is 23.2 Å². The van der Waals surface area contributed by atoms with E-state index in [1.165, 1.54) is 0 Å². The highest BCUT2D eigenvalue weighted by Gasteiger charge is 2.36. The predicted molar refractivity (Wildman–Crippen MR) is 148 cm³/mol. The van der Waals surface area contributed by atoms with Gasteiger partial charge in [-0.1, -0.05) is 5.92 Å². The number of morpholine rings is 1. The zero-order chi connectivity index (χ0) is 26.9. The Morgan fingerprint density at radius 2 is 1.92 bits per heavy atom. The molecule has 9 heteroatoms. The molecule has 1 N–H and O–H groups in total. The van der Waals surface area contributed by atoms with Crippen LogP contribution in [-0.2, 0) is 9.53 Å². The zero-order valence-corrected chi connectivity index (χ0v) is 22.6. The van der Waals surface area contributed by atoms with Gasteiger partial charge >= 0.3 is 0 Å². The van der Waals surface area contributed by atoms with E-state index in [1.54, 1.807) is 6.92 Å². The van der Waals surface area contributed by atoms with Gasteiger partial charge in [0.05, 0.1) is 30.0 Å². The summed E-state index contributed by atoms with van der Waals surface area (Å²) in [7, 11) is 0. The van der Waals surface area contributed by atoms with Gasteiger partial charge in [0, 0.05) is 44.1 Å². The third-order valence-electron chi connectivity index (χ3n) is 8.40. The van der Waals surface area contributed by atoms with Gasteiger partial charge in [0.25, 0.3) is 5.91 Å². The molecule has 0 saturated carbocycles. The zero-order valence-electron chi connectivity index (χ0n) is 22.6. The number of ether oxygens (including phenoxy) is 2. The van der Waals surface area contributed by atoms with E-state index < -0.39 is 0 Å². The lowest BCUT2D eigenvalue weighted by molar-refractivity contribution is -0.132. The van der Waals surface area contributed by atoms with Gasteiger partial charge in [-0.05, 0) is 75.4 Å². The minimum atomic E-state index is -0.265. The van der Waals surface area contributed by atoms with Gasteiger partial charge < -0.3 is 24.6 Å². The van der Waals surface area contributed by atoms with Crippen molar-refractivity contribution >= 4 is 23.1 Å². The molecular formula is C30H34N6O3. The Morgan fingerprint density at radius 1 is 1.15 bits per heavy atom. The third kappa shape index (κ3) is 4.89. The number of pyridine rings is 1. The maximum absolute atomic E-state index is 12.0. The second-order valence-electron chi connectivity index (χ2n) is 10.7. The molecule has 1 atom stereocenters. The van der Waals surface area contributed by atoms with Gasteiger partial charge in [0.2, 0.25) is 0 Å². The van der Waals surface area contributed by atoms with E-state index in [-0.39, 0.29) is 12.0 Å². The average Bonchev–Trinajstić information content (AvgIpc) is 3.08. The molecular weight excluding hydrogens is 492 g/mol. The van der Waals surface area contributed by atoms with Crippen molar-refractivity contribution in [2.24, 2.45) is 0 Å². The molecule has 0 radical (unpaired) electrons. The number of nitrogens with one attached hydrogen (secondary N) is 1. The number of piperidine rings is 1. The molecule has 4 aliphatic rings. The summed E-state index contributed by atoms with van der Waals surface area (Å²) in [6.45, 7) is 10.2. The number of nitriles is 1. The molecule has 3 saturated heterocycles. The number of hydrogen-bond acceptors (Lipinski definition) is 8. The van der Waals surface area contributed by atoms with Crippen LogP contribution in [-0.4, -0.2) is 79.2 Å². The van der Waals surface area contributed by atoms with E-state index in [1.807, 2.05) is 30.2 Å². The van der Waals surface area contributed by atoms with Gasteiger partial charge in [-0.2, -0.15) is 5.26 Å². The van der Waals surface area contributed by atoms with Crippen LogP contribution in [0.5, 0.6) is 5.75 Å². The lowest BCUT2D eigenvalue weighted by Crippen LogP contribution is -2.61. The highest BCUT2D eigenvalue weighted by atomic mass is 16.5. The number of benzene rings is 1. The van der Waals surface area contributed by atoms with Crippen molar-refractivity contribution in [2.75, 3.05) is 62.7 Å². The SMILES string of the molecule is CC#CC(=O)N1CC(N2CCC(c3cc(C#N)c4c(c3)Nc3nccc(N5CCOCC5)c3[C@H](C)O4)CC2)C1. The Kier molecular flexibility index (Phi) is 7.03. The summed E-state index contributed by atoms with van der Waals surface area (Å²) >= 11 is 0. The van der Waals surface area contributed by atoms with E-state index in [9.17, 15) is 10.1 Å². The van der Waals surface area contributed by atoms with Crippen molar-refractivity contribution < 1.29 is 14.3 Å². The molecule has 4 aliphatic heterocycles. The van der Waals surface area contributed by atoms with Crippen LogP contribution in [0.25, 0.3) is 0 Å². The molecule has 0 aliphatic carbocycles. The van der Waals surface area contributed by atoms with Gasteiger partial charge in [-0.15, -0.1) is 0 Å². The molecule has 1 amide bonds. The van der Waals surface area contributed by atoms with Crippen molar-refractivity contribution in [3.63, 3.8) is 0 Å². The van der Waals surface area contributed by atoms with Crippen molar-refractivity contribution in [3.8, 4) is 23.7 Å². The van der Waals surface area contributed by atoms with Gasteiger partial charge in [0.1, 0.15) is 18.0 Å². The summed E-state index contributed by atoms with van der Waals surface area (Å²) < 4.78 is 12.0. The van der Waals surface area contributed by atoms with Crippen LogP contribution in [0.4, 0.5) is 17.2 Å². The van der Waals surface area contributed by atoms with E-state index >= 15 is 0 Å². The van der Waals surface area contributed by atoms with E-state index in [0.717, 1.165) is 80.4 Å². The minimum absolute atomic E-state index is 0.0742. The predicted octanol–water partition coefficient (Wildman–Crippen LogP) is 3.40. The fourth-order valence-electron chi connectivity index (χ4n) is 6.23. The number of hydrogen-bond donors (Lipinski definition) is 1. The first-order chi connectivity index (χ1) is 19.1. The summed E-state index contributed by atoms with van der Waals surface area (Å²) in [5, 5.41) is 13.6. The van der Waals surface area contributed by atoms with Gasteiger partial charge in [-0.3, -0.25) is 9.69 Å². The Balaban J connectivity index is 1.20. The van der Waals surface area contributed by atoms with Crippen molar-refractivity contribution in [3.05, 3.63) is 41.1 Å². The first kappa shape index (κ1) is 25.5. The van der Waals surface area contributed by atoms with Crippen LogP contribution in [0.3, 0.4) is 0 Å². The maximum Gasteiger partial charge on any atom is 0.298 e. The molecule has 0 spiro atoms. The Bertz CT molecular complexity index is 1360. The quantitative estimate of drug-likeness (QED) is 0.609. The highest BCUT2D eigenvalue weighted by Crippen LogP contribution is 2.45. The lowest BCUT2D eigenvalue weighted by Gasteiger charge is -2.47. The molecule has 202 valence electrons. The molecule has 1 aromatic heterocycles. The van der Waals surface area contributed by atoms with Crippen LogP contribution >= 0.6 is 0 Å². The van der Waals surface area contributed by atoms with E-state index in [4.69, 9.17) is 9.47 Å². The van der Waals surface area contributed by atoms with E-state index in [0.29, 0.717) is 36.5 Å². The largest absolute Gasteiger partial charge is 0.482 e. The highest BCUT2D eigenvalue weighted by molar-refractivity contribution is 5.94. The number of carbonyl (C=O) groups is 1. The molecule has 2 aromatic rings. The minimum Gasteiger partial charge on any atom is -0.482 e. The smallest absolute Gasteiger partial charge is 0.298 e. The van der Waals surface area contributed by atoms with E-state index in [2.05, 4.69) is 44.1 Å². The molecule has 6 rings (SSSR count). The Labute approximate surface area is 229 Å². The first-order valence-electron chi connectivity index (χ1n) is 13.8. The van der Waals surface area contributed by atoms with Crippen molar-refractivity contribution in [2.45, 2.75) is 44.8 Å². The monoisotopic (exact) mass is 526 g/mol. The van der Waals surface area contributed by atoms with Crippen molar-refractivity contribution in [1.29, 1.82) is 5.26 Å². The molecule has 1 aromatic carbocycles. The van der Waals surface area contributed by atoms with Crippen LogP contribution in [0.1, 0.15) is 55.4 Å². The normalized spacial score (nSPS) is 21.6. The molecule has 9 nitrogen and oxygen atoms in total. The molecule has 3 fully saturated rings. The molecule has 39 heavy (non-hydrogen) atoms. The molecule has 0 unspecified atom stereocenters. The summed E-state index contributed by atoms with van der Waals surface area (Å²) in [5.74, 6) is 6.97. The van der Waals surface area contributed by atoms with Crippen LogP contribution < -0.4 is 15.0 Å². The molecule has 0 bridgehead atoms. The standard InChI is InChI=1S/C30H34N6O3/c1-3-4-27(37)36-18-24(19-36)34-9-6-21(7-10-34)22-15-23(17-31)29-25(16-22)33-30-28(20(2)39-29)26(5-8-32-30)35-11-13-38-14-12-35/h5,8,15-16,20-21,24H,6-7,9-14,18-19H2,1-2H3,(H,32,33)/t20-/m0/s1. The maximum atomic E-state index is 12.0. The number of rotatable bonds is 3. The van der Waals surface area contributed by atoms with Gasteiger partial charge in [0.15, 0.2) is 5.75 Å². The second-order valence-corrected chi connectivity index (χ2v) is 10.7. The van der Waals surface area contributed by atoms with Crippen LogP contribution in [0.2, 0.25) is 0 Å². The number of likely N-dealkylation sites (tertiary alicyclic amines) is 2. The number of anilines is 3. The Morgan fingerprint density at radius 3 is 2.64 bits per heavy atom. The summed E-state index contributed by atoms with van der Waals surface area (Å²) in [6.07, 6.45) is 3.59. The topological polar surface area (TPSA) is 94.0 Å². The number of nitrogens with zero attached hydrogens (tertiary/aromatic N) is 5. The Hall–Kier alpha value is -3.79. The van der Waals surface area contributed by atoms with Crippen LogP contribution in [0.15, 0.2) is 24.4 Å². The number of aromatic nitrogens is 1. The fraction of sp³-hybridized carbons (Fsp3) is 0.500. The summed E-state index contributed by atoms with van der Waals surface area (Å²) in [4.78, 5) is 23.3. The summed E-state index contributed by atoms with van der Waals surface area (Å²) in [5.41, 5.74) is 4.61. The fourth-order valence-corrected chi connectivity index (χ4v) is 6.23. The first-order valence-corrected chi connectivity index (χ1v) is 13.8. The number of fused-ring (bicyclic) bond motifs is 2. The lowest BCUT2D eigenvalue weighted by atomic mass is 9.87. The third-order valence-corrected chi connectivity index (χ3v) is 8.40. The number of amides is 1. The second kappa shape index (κ2) is 10.8. The average molecular weight is 527 g/mol. The number of carbonyl (C=O) groups excluding carboxylic acids is 1.